The van der Waals surface area contributed by atoms with Gasteiger partial charge < -0.3 is 0 Å². The maximum Gasteiger partial charge on any atom is 0.179 e. The van der Waals surface area contributed by atoms with E-state index in [0.717, 1.165) is 270 Å². The number of fused-ring (bicyclic) bond motifs is 6. The summed E-state index contributed by atoms with van der Waals surface area (Å²) >= 11 is 0. The lowest BCUT2D eigenvalue weighted by molar-refractivity contribution is 0.560. The van der Waals surface area contributed by atoms with Crippen molar-refractivity contribution in [3.8, 4) is 0 Å². The minimum Gasteiger partial charge on any atom is -0.224 e. The Morgan fingerprint density at radius 1 is 0.147 bits per heavy atom. The molecular formula is C84H144O12S6. The fourth-order valence-corrected chi connectivity index (χ4v) is 25.8. The zero-order valence-electron chi connectivity index (χ0n) is 65.2. The zero-order valence-corrected chi connectivity index (χ0v) is 70.1. The molecule has 0 saturated carbocycles. The summed E-state index contributed by atoms with van der Waals surface area (Å²) in [5, 5.41) is 0.584. The lowest BCUT2D eigenvalue weighted by atomic mass is 9.94. The molecule has 0 unspecified atom stereocenters. The van der Waals surface area contributed by atoms with E-state index in [0.29, 0.717) is 38.5 Å². The van der Waals surface area contributed by atoms with Crippen LogP contribution in [0.25, 0.3) is 32.3 Å². The first kappa shape index (κ1) is 91.7. The summed E-state index contributed by atoms with van der Waals surface area (Å²) in [6, 6.07) is 7.93. The van der Waals surface area contributed by atoms with Gasteiger partial charge in [0.2, 0.25) is 0 Å². The molecule has 0 bridgehead atoms. The fraction of sp³-hybridized carbons (Fsp3) is 0.786. The van der Waals surface area contributed by atoms with Crippen molar-refractivity contribution in [3.05, 3.63) is 36.4 Å². The molecule has 4 rings (SSSR count). The van der Waals surface area contributed by atoms with Gasteiger partial charge in [-0.2, -0.15) is 0 Å². The fourth-order valence-electron chi connectivity index (χ4n) is 14.8. The van der Waals surface area contributed by atoms with Crippen LogP contribution in [0.2, 0.25) is 0 Å². The van der Waals surface area contributed by atoms with Gasteiger partial charge in [0.25, 0.3) is 0 Å². The largest absolute Gasteiger partial charge is 0.224 e. The van der Waals surface area contributed by atoms with Crippen molar-refractivity contribution in [3.63, 3.8) is 0 Å². The molecule has 0 N–H and O–H groups in total. The van der Waals surface area contributed by atoms with Crippen molar-refractivity contribution in [2.45, 2.75) is 418 Å². The third-order valence-corrected chi connectivity index (χ3v) is 32.6. The molecule has 102 heavy (non-hydrogen) atoms. The van der Waals surface area contributed by atoms with Gasteiger partial charge in [0.1, 0.15) is 0 Å². The first-order valence-corrected chi connectivity index (χ1v) is 51.8. The molecule has 12 nitrogen and oxygen atoms in total. The van der Waals surface area contributed by atoms with Gasteiger partial charge in [-0.15, -0.1) is 0 Å². The summed E-state index contributed by atoms with van der Waals surface area (Å²) in [6.45, 7) is 13.0. The van der Waals surface area contributed by atoms with Gasteiger partial charge in [-0.3, -0.25) is 0 Å². The average molecular weight is 1540 g/mol. The molecule has 588 valence electrons. The van der Waals surface area contributed by atoms with Crippen molar-refractivity contribution in [2.75, 3.05) is 34.5 Å². The molecule has 0 aliphatic carbocycles. The van der Waals surface area contributed by atoms with Crippen LogP contribution < -0.4 is 0 Å². The molecule has 0 saturated heterocycles. The van der Waals surface area contributed by atoms with Crippen LogP contribution in [-0.4, -0.2) is 85.0 Å². The van der Waals surface area contributed by atoms with E-state index in [1.165, 1.54) is 36.4 Å². The highest BCUT2D eigenvalue weighted by molar-refractivity contribution is 7.95. The van der Waals surface area contributed by atoms with Crippen LogP contribution in [0.5, 0.6) is 0 Å². The van der Waals surface area contributed by atoms with Crippen LogP contribution in [0, 0.1) is 0 Å². The summed E-state index contributed by atoms with van der Waals surface area (Å²) in [4.78, 5) is -2.64. The first-order valence-electron chi connectivity index (χ1n) is 41.9. The van der Waals surface area contributed by atoms with Crippen LogP contribution in [0.15, 0.2) is 65.8 Å². The Morgan fingerprint density at radius 3 is 0.333 bits per heavy atom. The predicted molar refractivity (Wildman–Crippen MR) is 435 cm³/mol. The molecule has 0 aliphatic heterocycles. The maximum atomic E-state index is 15.3. The molecule has 0 atom stereocenters. The molecule has 4 aromatic carbocycles. The molecule has 4 aromatic rings. The van der Waals surface area contributed by atoms with E-state index in [1.54, 1.807) is 0 Å². The van der Waals surface area contributed by atoms with Crippen LogP contribution in [0.4, 0.5) is 0 Å². The van der Waals surface area contributed by atoms with Gasteiger partial charge in [-0.1, -0.05) is 350 Å². The Morgan fingerprint density at radius 2 is 0.235 bits per heavy atom. The molecule has 0 spiro atoms. The zero-order chi connectivity index (χ0) is 74.6. The third kappa shape index (κ3) is 33.1. The normalized spacial score (nSPS) is 12.9. The molecule has 0 aromatic heterocycles. The van der Waals surface area contributed by atoms with Gasteiger partial charge in [0.05, 0.1) is 63.9 Å². The Hall–Kier alpha value is -2.64. The molecule has 18 heteroatoms. The Labute approximate surface area is 625 Å². The Balaban J connectivity index is 2.16. The Bertz CT molecular complexity index is 3050. The van der Waals surface area contributed by atoms with E-state index in [-0.39, 0.29) is 105 Å². The lowest BCUT2D eigenvalue weighted by Gasteiger charge is -2.20. The highest BCUT2D eigenvalue weighted by Crippen LogP contribution is 2.45. The van der Waals surface area contributed by atoms with Gasteiger partial charge >= 0.3 is 0 Å². The second-order valence-corrected chi connectivity index (χ2v) is 42.9. The van der Waals surface area contributed by atoms with Crippen LogP contribution in [-0.2, 0) is 59.0 Å². The second kappa shape index (κ2) is 50.9. The maximum absolute atomic E-state index is 15.3. The van der Waals surface area contributed by atoms with Crippen LogP contribution >= 0.6 is 0 Å². The predicted octanol–water partition coefficient (Wildman–Crippen LogP) is 25.0. The van der Waals surface area contributed by atoms with Crippen molar-refractivity contribution < 1.29 is 50.5 Å². The summed E-state index contributed by atoms with van der Waals surface area (Å²) in [7, 11) is -26.6. The van der Waals surface area contributed by atoms with E-state index in [9.17, 15) is 0 Å². The van der Waals surface area contributed by atoms with E-state index in [4.69, 9.17) is 0 Å². The monoisotopic (exact) mass is 1540 g/mol. The van der Waals surface area contributed by atoms with Crippen LogP contribution in [0.3, 0.4) is 0 Å². The average Bonchev–Trinajstić information content (AvgIpc) is 0.706. The highest BCUT2D eigenvalue weighted by Gasteiger charge is 2.34. The molecule has 0 heterocycles. The SMILES string of the molecule is CCCCCCCCCCCS(=O)(=O)c1cc2c3cc(S(=O)(=O)CCCCCCCCCCC)c(S(=O)(=O)CCCCCCCCCCC)cc3c3cc(S(=O)(=O)CCCCCCCCCCC)c(S(=O)(=O)CCCCCCCCCCC)cc3c2cc1S(=O)(=O)CCCCCCCCCCC. The van der Waals surface area contributed by atoms with E-state index < -0.39 is 88.4 Å². The highest BCUT2D eigenvalue weighted by atomic mass is 32.2. The summed E-state index contributed by atoms with van der Waals surface area (Å²) < 4.78 is 184. The number of hydrogen-bond acceptors (Lipinski definition) is 12. The van der Waals surface area contributed by atoms with Gasteiger partial charge in [0.15, 0.2) is 59.0 Å². The lowest BCUT2D eigenvalue weighted by Crippen LogP contribution is -2.17. The minimum absolute atomic E-state index is 0.0974. The number of hydrogen-bond donors (Lipinski definition) is 0. The molecular weight excluding hydrogens is 1390 g/mol. The molecule has 0 fully saturated rings. The third-order valence-electron chi connectivity index (χ3n) is 21.2. The number of unbranched alkanes of at least 4 members (excludes halogenated alkanes) is 48. The standard InChI is InChI=1S/C84H144O12S6/c1-7-13-19-25-31-37-43-49-55-61-97(85,86)79-67-73-74(68-80(79)98(87,88)62-56-50-44-38-32-26-20-14-8-2)76-70-82(100(91,92)64-58-52-46-40-34-28-22-16-10-4)84(102(95,96)66-60-54-48-42-36-30-24-18-12-6)72-78(76)77-71-83(101(93,94)65-59-53-47-41-35-29-23-17-11-5)81(69-75(73)77)99(89,90)63-57-51-45-39-33-27-21-15-9-3/h67-72H,7-66H2,1-6H3. The number of benzene rings is 4. The van der Waals surface area contributed by atoms with E-state index >= 15 is 50.5 Å². The quantitative estimate of drug-likeness (QED) is 0.0299. The first-order chi connectivity index (χ1) is 49.0. The summed E-state index contributed by atoms with van der Waals surface area (Å²) in [5.74, 6) is -2.16. The van der Waals surface area contributed by atoms with Gasteiger partial charge in [0, 0.05) is 0 Å². The minimum atomic E-state index is -4.43. The Kier molecular flexibility index (Phi) is 45.8. The van der Waals surface area contributed by atoms with Gasteiger partial charge in [-0.25, -0.2) is 50.5 Å². The molecule has 0 aliphatic rings. The summed E-state index contributed by atoms with van der Waals surface area (Å²) in [5.41, 5.74) is 0. The van der Waals surface area contributed by atoms with Crippen molar-refractivity contribution in [2.24, 2.45) is 0 Å². The molecule has 0 radical (unpaired) electrons. The smallest absolute Gasteiger partial charge is 0.179 e. The van der Waals surface area contributed by atoms with Crippen molar-refractivity contribution >= 4 is 91.3 Å². The van der Waals surface area contributed by atoms with Crippen molar-refractivity contribution in [1.29, 1.82) is 0 Å². The molecule has 0 amide bonds. The van der Waals surface area contributed by atoms with Gasteiger partial charge in [-0.05, 0) is 107 Å². The van der Waals surface area contributed by atoms with Crippen LogP contribution in [0.1, 0.15) is 388 Å². The van der Waals surface area contributed by atoms with Crippen molar-refractivity contribution in [1.82, 2.24) is 0 Å². The summed E-state index contributed by atoms with van der Waals surface area (Å²) in [6.07, 6.45) is 49.2. The number of sulfone groups is 6. The topological polar surface area (TPSA) is 205 Å². The second-order valence-electron chi connectivity index (χ2n) is 30.4. The number of rotatable bonds is 66. The van der Waals surface area contributed by atoms with E-state index in [1.807, 2.05) is 0 Å². The van der Waals surface area contributed by atoms with E-state index in [2.05, 4.69) is 41.5 Å².